The average Bonchev–Trinajstić information content (AvgIpc) is 2.84. The smallest absolute Gasteiger partial charge is 0.478 e. The summed E-state index contributed by atoms with van der Waals surface area (Å²) in [4.78, 5) is 22.4. The van der Waals surface area contributed by atoms with Gasteiger partial charge in [-0.15, -0.1) is 0 Å². The predicted octanol–water partition coefficient (Wildman–Crippen LogP) is 5.43. The Morgan fingerprint density at radius 2 is 0.950 bits per heavy atom. The Bertz CT molecular complexity index is 1460. The molecule has 3 aromatic carbocycles. The highest BCUT2D eigenvalue weighted by atomic mass is 32.2. The first kappa shape index (κ1) is 30.4. The largest absolute Gasteiger partial charge is 0.483 e. The van der Waals surface area contributed by atoms with Crippen molar-refractivity contribution in [3.05, 3.63) is 101 Å². The first-order valence-electron chi connectivity index (χ1n) is 10.5. The molecule has 0 unspecified atom stereocenters. The van der Waals surface area contributed by atoms with E-state index in [1.807, 2.05) is 0 Å². The summed E-state index contributed by atoms with van der Waals surface area (Å²) < 4.78 is 133. The zero-order chi connectivity index (χ0) is 30.3. The third-order valence-corrected chi connectivity index (χ3v) is 6.64. The molecule has 0 atom stereocenters. The van der Waals surface area contributed by atoms with E-state index >= 15 is 13.2 Å². The molecule has 16 heteroatoms. The van der Waals surface area contributed by atoms with Gasteiger partial charge >= 0.3 is 39.6 Å². The summed E-state index contributed by atoms with van der Waals surface area (Å²) in [6.45, 7) is 0. The van der Waals surface area contributed by atoms with Crippen molar-refractivity contribution < 1.29 is 68.2 Å². The van der Waals surface area contributed by atoms with Crippen LogP contribution in [0.1, 0.15) is 37.4 Å². The van der Waals surface area contributed by atoms with Crippen LogP contribution in [0.4, 0.5) is 30.7 Å². The number of halogens is 7. The van der Waals surface area contributed by atoms with Crippen molar-refractivity contribution in [2.24, 2.45) is 0 Å². The van der Waals surface area contributed by atoms with E-state index in [0.29, 0.717) is 24.3 Å². The van der Waals surface area contributed by atoms with Crippen LogP contribution in [0.5, 0.6) is 5.75 Å². The maximum Gasteiger partial charge on any atom is 0.483 e. The van der Waals surface area contributed by atoms with Crippen molar-refractivity contribution in [2.45, 2.75) is 23.0 Å². The molecular formula is C24H15F7O8S. The molecule has 0 bridgehead atoms. The van der Waals surface area contributed by atoms with E-state index in [4.69, 9.17) is 14.8 Å². The molecule has 0 fully saturated rings. The second kappa shape index (κ2) is 10.1. The Morgan fingerprint density at radius 1 is 0.625 bits per heavy atom. The average molecular weight is 596 g/mol. The van der Waals surface area contributed by atoms with E-state index in [-0.39, 0.29) is 11.1 Å². The number of carboxylic acid groups (broad SMARTS) is 2. The van der Waals surface area contributed by atoms with Crippen LogP contribution in [0, 0.1) is 0 Å². The number of hydrogen-bond acceptors (Lipinski definition) is 5. The summed E-state index contributed by atoms with van der Waals surface area (Å²) in [5, 5.41) is 12.1. The number of aromatic carboxylic acids is 2. The monoisotopic (exact) mass is 596 g/mol. The molecule has 3 aromatic rings. The Morgan fingerprint density at radius 3 is 1.23 bits per heavy atom. The van der Waals surface area contributed by atoms with E-state index in [9.17, 15) is 35.6 Å². The Hall–Kier alpha value is -4.18. The molecule has 0 amide bonds. The lowest BCUT2D eigenvalue weighted by molar-refractivity contribution is -0.274. The summed E-state index contributed by atoms with van der Waals surface area (Å²) in [5.74, 6) is -4.13. The van der Waals surface area contributed by atoms with Crippen LogP contribution < -0.4 is 4.74 Å². The normalized spacial score (nSPS) is 13.1. The first-order valence-corrected chi connectivity index (χ1v) is 12.0. The third-order valence-electron chi connectivity index (χ3n) is 5.75. The second-order valence-corrected chi connectivity index (χ2v) is 9.61. The fourth-order valence-corrected chi connectivity index (χ4v) is 4.19. The van der Waals surface area contributed by atoms with Crippen LogP contribution in [-0.4, -0.2) is 52.7 Å². The van der Waals surface area contributed by atoms with Crippen molar-refractivity contribution in [1.82, 2.24) is 0 Å². The molecule has 0 saturated carbocycles. The molecule has 40 heavy (non-hydrogen) atoms. The third kappa shape index (κ3) is 5.19. The van der Waals surface area contributed by atoms with Gasteiger partial charge in [0.25, 0.3) is 0 Å². The van der Waals surface area contributed by atoms with Gasteiger partial charge in [0.05, 0.1) is 11.1 Å². The highest BCUT2D eigenvalue weighted by molar-refractivity contribution is 7.86. The molecule has 0 heterocycles. The topological polar surface area (TPSA) is 138 Å². The molecule has 3 rings (SSSR count). The fraction of sp³-hybridized carbons (Fsp3) is 0.167. The highest BCUT2D eigenvalue weighted by Gasteiger charge is 2.69. The number of alkyl halides is 7. The van der Waals surface area contributed by atoms with Crippen molar-refractivity contribution in [3.63, 3.8) is 0 Å². The van der Waals surface area contributed by atoms with E-state index in [2.05, 4.69) is 4.74 Å². The minimum Gasteiger partial charge on any atom is -0.478 e. The molecule has 0 aliphatic heterocycles. The number of benzene rings is 3. The van der Waals surface area contributed by atoms with Crippen LogP contribution in [0.2, 0.25) is 0 Å². The fourth-order valence-electron chi connectivity index (χ4n) is 3.85. The quantitative estimate of drug-likeness (QED) is 0.169. The van der Waals surface area contributed by atoms with Gasteiger partial charge in [-0.05, 0) is 53.1 Å². The zero-order valence-corrected chi connectivity index (χ0v) is 20.2. The predicted molar refractivity (Wildman–Crippen MR) is 121 cm³/mol. The summed E-state index contributed by atoms with van der Waals surface area (Å²) in [7, 11) is -6.66. The summed E-state index contributed by atoms with van der Waals surface area (Å²) >= 11 is 0. The van der Waals surface area contributed by atoms with Gasteiger partial charge in [0.15, 0.2) is 0 Å². The lowest BCUT2D eigenvalue weighted by Crippen LogP contribution is -2.50. The summed E-state index contributed by atoms with van der Waals surface area (Å²) in [6, 6.07) is 8.67. The van der Waals surface area contributed by atoms with Crippen molar-refractivity contribution in [3.8, 4) is 5.75 Å². The number of carbonyl (C=O) groups is 2. The molecule has 0 saturated heterocycles. The zero-order valence-electron chi connectivity index (χ0n) is 19.4. The van der Waals surface area contributed by atoms with Gasteiger partial charge in [0, 0.05) is 0 Å². The highest BCUT2D eigenvalue weighted by Crippen LogP contribution is 2.51. The van der Waals surface area contributed by atoms with Crippen molar-refractivity contribution in [2.75, 3.05) is 0 Å². The Labute approximate surface area is 220 Å². The van der Waals surface area contributed by atoms with Gasteiger partial charge in [-0.1, -0.05) is 36.4 Å². The maximum absolute atomic E-state index is 15.0. The minimum atomic E-state index is -6.66. The Kier molecular flexibility index (Phi) is 7.66. The summed E-state index contributed by atoms with van der Waals surface area (Å²) in [5.41, 5.74) is -5.88. The van der Waals surface area contributed by atoms with Crippen LogP contribution in [0.3, 0.4) is 0 Å². The molecular weight excluding hydrogens is 581 g/mol. The lowest BCUT2D eigenvalue weighted by Gasteiger charge is -2.38. The lowest BCUT2D eigenvalue weighted by atomic mass is 9.68. The number of carboxylic acids is 2. The van der Waals surface area contributed by atoms with Gasteiger partial charge in [-0.25, -0.2) is 9.59 Å². The van der Waals surface area contributed by atoms with Crippen LogP contribution in [0.25, 0.3) is 0 Å². The molecule has 0 radical (unpaired) electrons. The summed E-state index contributed by atoms with van der Waals surface area (Å²) in [6.07, 6.45) is -11.1. The van der Waals surface area contributed by atoms with Gasteiger partial charge in [-0.2, -0.15) is 39.2 Å². The number of rotatable bonds is 9. The van der Waals surface area contributed by atoms with Crippen molar-refractivity contribution >= 4 is 22.1 Å². The first-order chi connectivity index (χ1) is 18.3. The van der Waals surface area contributed by atoms with Crippen LogP contribution in [0.15, 0.2) is 72.8 Å². The van der Waals surface area contributed by atoms with Crippen LogP contribution in [-0.2, 0) is 15.5 Å². The van der Waals surface area contributed by atoms with Gasteiger partial charge in [-0.3, -0.25) is 4.55 Å². The van der Waals surface area contributed by atoms with E-state index in [0.717, 1.165) is 48.5 Å². The molecule has 3 N–H and O–H groups in total. The Balaban J connectivity index is 2.24. The maximum atomic E-state index is 15.0. The second-order valence-electron chi connectivity index (χ2n) is 8.15. The van der Waals surface area contributed by atoms with E-state index < -0.39 is 67.5 Å². The van der Waals surface area contributed by atoms with Gasteiger partial charge in [0.1, 0.15) is 11.2 Å². The standard InChI is InChI=1S/C24H15F7O8S/c25-22(26,27)21(15-5-1-13(2-6-15)19(32)33,16-7-3-14(4-8-16)20(34)35)17-9-11-18(12-10-17)39-23(28,29)24(30,31)40(36,37)38/h1-12H,(H,32,33)(H,34,35)(H,36,37,38). The molecule has 0 aromatic heterocycles. The molecule has 0 aliphatic rings. The van der Waals surface area contributed by atoms with E-state index in [1.54, 1.807) is 0 Å². The van der Waals surface area contributed by atoms with Gasteiger partial charge < -0.3 is 14.9 Å². The molecule has 8 nitrogen and oxygen atoms in total. The van der Waals surface area contributed by atoms with Crippen LogP contribution >= 0.6 is 0 Å². The minimum absolute atomic E-state index is 0.383. The number of ether oxygens (including phenoxy) is 1. The molecule has 0 spiro atoms. The van der Waals surface area contributed by atoms with Crippen molar-refractivity contribution in [1.29, 1.82) is 0 Å². The van der Waals surface area contributed by atoms with Gasteiger partial charge in [0.2, 0.25) is 0 Å². The number of hydrogen-bond donors (Lipinski definition) is 3. The SMILES string of the molecule is O=C(O)c1ccc(C(c2ccc(OC(F)(F)C(F)(F)S(=O)(=O)O)cc2)(c2ccc(C(=O)O)cc2)C(F)(F)F)cc1. The van der Waals surface area contributed by atoms with E-state index in [1.165, 1.54) is 0 Å². The molecule has 214 valence electrons. The molecule has 0 aliphatic carbocycles.